The zero-order valence-corrected chi connectivity index (χ0v) is 12.5. The lowest BCUT2D eigenvalue weighted by molar-refractivity contribution is 0.189. The summed E-state index contributed by atoms with van der Waals surface area (Å²) in [4.78, 5) is 6.82. The predicted octanol–water partition coefficient (Wildman–Crippen LogP) is 2.57. The molecule has 18 heavy (non-hydrogen) atoms. The molecule has 0 aliphatic carbocycles. The summed E-state index contributed by atoms with van der Waals surface area (Å²) < 4.78 is 0. The molecular formula is C14H25N3S. The van der Waals surface area contributed by atoms with Gasteiger partial charge in [0.1, 0.15) is 0 Å². The average molecular weight is 267 g/mol. The molecule has 4 heteroatoms. The molecule has 1 saturated heterocycles. The number of piperidine rings is 1. The Balaban J connectivity index is 1.73. The van der Waals surface area contributed by atoms with Gasteiger partial charge in [-0.1, -0.05) is 6.92 Å². The quantitative estimate of drug-likeness (QED) is 0.889. The summed E-state index contributed by atoms with van der Waals surface area (Å²) in [7, 11) is 2.22. The number of likely N-dealkylation sites (tertiary alicyclic amines) is 1. The molecule has 1 fully saturated rings. The Morgan fingerprint density at radius 2 is 2.17 bits per heavy atom. The second kappa shape index (κ2) is 6.64. The highest BCUT2D eigenvalue weighted by atomic mass is 32.1. The van der Waals surface area contributed by atoms with Crippen LogP contribution in [-0.2, 0) is 0 Å². The van der Waals surface area contributed by atoms with Crippen molar-refractivity contribution in [3.8, 4) is 0 Å². The van der Waals surface area contributed by atoms with Gasteiger partial charge < -0.3 is 10.2 Å². The first-order valence-corrected chi connectivity index (χ1v) is 7.86. The minimum atomic E-state index is 0.527. The molecule has 2 heterocycles. The van der Waals surface area contributed by atoms with Crippen molar-refractivity contribution in [3.05, 3.63) is 16.6 Å². The molecule has 0 spiro atoms. The van der Waals surface area contributed by atoms with Gasteiger partial charge in [0.25, 0.3) is 0 Å². The maximum atomic E-state index is 4.39. The van der Waals surface area contributed by atoms with E-state index in [2.05, 4.69) is 41.5 Å². The molecule has 1 aliphatic rings. The molecule has 2 atom stereocenters. The van der Waals surface area contributed by atoms with Crippen molar-refractivity contribution < 1.29 is 0 Å². The van der Waals surface area contributed by atoms with Crippen LogP contribution in [0.2, 0.25) is 0 Å². The largest absolute Gasteiger partial charge is 0.313 e. The summed E-state index contributed by atoms with van der Waals surface area (Å²) in [6.07, 6.45) is 4.56. The standard InChI is InChI=1S/C14H25N3S/c1-11(14-15-6-9-18-14)10-16-12(2)13-4-7-17(3)8-5-13/h6,9,11-13,16H,4-5,7-8,10H2,1-3H3. The van der Waals surface area contributed by atoms with E-state index in [0.29, 0.717) is 12.0 Å². The second-order valence-electron chi connectivity index (χ2n) is 5.61. The topological polar surface area (TPSA) is 28.2 Å². The number of hydrogen-bond donors (Lipinski definition) is 1. The number of nitrogens with zero attached hydrogens (tertiary/aromatic N) is 2. The van der Waals surface area contributed by atoms with Gasteiger partial charge in [0.2, 0.25) is 0 Å². The summed E-state index contributed by atoms with van der Waals surface area (Å²) >= 11 is 1.76. The molecule has 1 aliphatic heterocycles. The third-order valence-corrected chi connectivity index (χ3v) is 5.10. The Labute approximate surface area is 115 Å². The minimum Gasteiger partial charge on any atom is -0.313 e. The lowest BCUT2D eigenvalue weighted by Crippen LogP contribution is -2.41. The van der Waals surface area contributed by atoms with Gasteiger partial charge in [-0.3, -0.25) is 0 Å². The van der Waals surface area contributed by atoms with Gasteiger partial charge in [-0.05, 0) is 45.8 Å². The van der Waals surface area contributed by atoms with Crippen LogP contribution in [-0.4, -0.2) is 42.6 Å². The fraction of sp³-hybridized carbons (Fsp3) is 0.786. The molecule has 0 bridgehead atoms. The van der Waals surface area contributed by atoms with E-state index < -0.39 is 0 Å². The number of rotatable bonds is 5. The van der Waals surface area contributed by atoms with Gasteiger partial charge in [0.15, 0.2) is 0 Å². The third kappa shape index (κ3) is 3.77. The predicted molar refractivity (Wildman–Crippen MR) is 78.2 cm³/mol. The molecule has 0 saturated carbocycles. The van der Waals surface area contributed by atoms with E-state index >= 15 is 0 Å². The van der Waals surface area contributed by atoms with E-state index in [-0.39, 0.29) is 0 Å². The molecule has 0 amide bonds. The molecule has 2 rings (SSSR count). The molecule has 1 aromatic heterocycles. The van der Waals surface area contributed by atoms with E-state index in [9.17, 15) is 0 Å². The van der Waals surface area contributed by atoms with Gasteiger partial charge in [0.05, 0.1) is 5.01 Å². The Hall–Kier alpha value is -0.450. The first kappa shape index (κ1) is 14.0. The van der Waals surface area contributed by atoms with Crippen molar-refractivity contribution in [2.45, 2.75) is 38.6 Å². The first-order chi connectivity index (χ1) is 8.66. The highest BCUT2D eigenvalue weighted by Gasteiger charge is 2.22. The van der Waals surface area contributed by atoms with Crippen molar-refractivity contribution in [1.29, 1.82) is 0 Å². The first-order valence-electron chi connectivity index (χ1n) is 6.98. The maximum absolute atomic E-state index is 4.39. The van der Waals surface area contributed by atoms with Gasteiger partial charge in [-0.25, -0.2) is 4.98 Å². The molecule has 1 N–H and O–H groups in total. The molecular weight excluding hydrogens is 242 g/mol. The van der Waals surface area contributed by atoms with Gasteiger partial charge in [-0.2, -0.15) is 0 Å². The van der Waals surface area contributed by atoms with Crippen LogP contribution in [0.4, 0.5) is 0 Å². The van der Waals surface area contributed by atoms with Crippen molar-refractivity contribution in [2.24, 2.45) is 5.92 Å². The van der Waals surface area contributed by atoms with Crippen LogP contribution in [0.5, 0.6) is 0 Å². The monoisotopic (exact) mass is 267 g/mol. The number of nitrogens with one attached hydrogen (secondary N) is 1. The Kier molecular flexibility index (Phi) is 5.15. The van der Waals surface area contributed by atoms with Crippen molar-refractivity contribution in [1.82, 2.24) is 15.2 Å². The van der Waals surface area contributed by atoms with E-state index in [0.717, 1.165) is 12.5 Å². The van der Waals surface area contributed by atoms with Crippen LogP contribution in [0.1, 0.15) is 37.6 Å². The molecule has 0 aromatic carbocycles. The van der Waals surface area contributed by atoms with Crippen LogP contribution in [0.25, 0.3) is 0 Å². The SMILES string of the molecule is CC(CNC(C)C1CCN(C)CC1)c1nccs1. The number of hydrogen-bond acceptors (Lipinski definition) is 4. The second-order valence-corrected chi connectivity index (χ2v) is 6.54. The van der Waals surface area contributed by atoms with E-state index in [1.54, 1.807) is 11.3 Å². The fourth-order valence-corrected chi connectivity index (χ4v) is 3.32. The smallest absolute Gasteiger partial charge is 0.0965 e. The molecule has 3 nitrogen and oxygen atoms in total. The van der Waals surface area contributed by atoms with Gasteiger partial charge in [-0.15, -0.1) is 11.3 Å². The van der Waals surface area contributed by atoms with E-state index in [1.807, 2.05) is 6.20 Å². The zero-order chi connectivity index (χ0) is 13.0. The van der Waals surface area contributed by atoms with Crippen LogP contribution in [0.15, 0.2) is 11.6 Å². The summed E-state index contributed by atoms with van der Waals surface area (Å²) in [6, 6.07) is 0.626. The third-order valence-electron chi connectivity index (χ3n) is 4.09. The van der Waals surface area contributed by atoms with Crippen molar-refractivity contribution >= 4 is 11.3 Å². The van der Waals surface area contributed by atoms with Gasteiger partial charge >= 0.3 is 0 Å². The Bertz CT molecular complexity index is 331. The highest BCUT2D eigenvalue weighted by Crippen LogP contribution is 2.21. The van der Waals surface area contributed by atoms with E-state index in [4.69, 9.17) is 0 Å². The molecule has 2 unspecified atom stereocenters. The maximum Gasteiger partial charge on any atom is 0.0965 e. The number of aromatic nitrogens is 1. The lowest BCUT2D eigenvalue weighted by atomic mass is 9.90. The van der Waals surface area contributed by atoms with Crippen molar-refractivity contribution in [3.63, 3.8) is 0 Å². The Morgan fingerprint density at radius 1 is 1.44 bits per heavy atom. The van der Waals surface area contributed by atoms with Crippen LogP contribution < -0.4 is 5.32 Å². The number of thiazole rings is 1. The minimum absolute atomic E-state index is 0.527. The van der Waals surface area contributed by atoms with Crippen molar-refractivity contribution in [2.75, 3.05) is 26.7 Å². The van der Waals surface area contributed by atoms with Crippen LogP contribution in [0, 0.1) is 5.92 Å². The van der Waals surface area contributed by atoms with Crippen LogP contribution in [0.3, 0.4) is 0 Å². The van der Waals surface area contributed by atoms with E-state index in [1.165, 1.54) is 30.9 Å². The highest BCUT2D eigenvalue weighted by molar-refractivity contribution is 7.09. The van der Waals surface area contributed by atoms with Crippen LogP contribution >= 0.6 is 11.3 Å². The summed E-state index contributed by atoms with van der Waals surface area (Å²) in [5.41, 5.74) is 0. The average Bonchev–Trinajstić information content (AvgIpc) is 2.90. The molecule has 0 radical (unpaired) electrons. The summed E-state index contributed by atoms with van der Waals surface area (Å²) in [5, 5.41) is 7.01. The molecule has 1 aromatic rings. The lowest BCUT2D eigenvalue weighted by Gasteiger charge is -2.33. The van der Waals surface area contributed by atoms with Gasteiger partial charge in [0, 0.05) is 30.1 Å². The normalized spacial score (nSPS) is 21.9. The zero-order valence-electron chi connectivity index (χ0n) is 11.7. The molecule has 102 valence electrons. The summed E-state index contributed by atoms with van der Waals surface area (Å²) in [6.45, 7) is 8.14. The summed E-state index contributed by atoms with van der Waals surface area (Å²) in [5.74, 6) is 1.36. The fourth-order valence-electron chi connectivity index (χ4n) is 2.62. The Morgan fingerprint density at radius 3 is 2.78 bits per heavy atom.